The summed E-state index contributed by atoms with van der Waals surface area (Å²) in [4.78, 5) is 10.3. The summed E-state index contributed by atoms with van der Waals surface area (Å²) in [6.07, 6.45) is 0. The van der Waals surface area contributed by atoms with Crippen molar-refractivity contribution in [1.29, 1.82) is 0 Å². The van der Waals surface area contributed by atoms with E-state index in [2.05, 4.69) is 126 Å². The predicted molar refractivity (Wildman–Crippen MR) is 218 cm³/mol. The van der Waals surface area contributed by atoms with E-state index in [9.17, 15) is 0 Å². The molecular weight excluding hydrogens is 635 g/mol. The zero-order valence-corrected chi connectivity index (χ0v) is 28.8. The third-order valence-corrected chi connectivity index (χ3v) is 10.2. The van der Waals surface area contributed by atoms with E-state index in [-0.39, 0.29) is 0 Å². The van der Waals surface area contributed by atoms with E-state index in [1.54, 1.807) is 0 Å². The number of benzene rings is 8. The fourth-order valence-electron chi connectivity index (χ4n) is 8.04. The third kappa shape index (κ3) is 4.41. The van der Waals surface area contributed by atoms with E-state index in [0.717, 1.165) is 50.1 Å². The molecule has 11 aromatic rings. The lowest BCUT2D eigenvalue weighted by molar-refractivity contribution is 0.667. The van der Waals surface area contributed by atoms with Crippen molar-refractivity contribution in [3.05, 3.63) is 164 Å². The van der Waals surface area contributed by atoms with Crippen molar-refractivity contribution in [2.24, 2.45) is 0 Å². The van der Waals surface area contributed by atoms with Crippen LogP contribution in [-0.4, -0.2) is 14.5 Å². The number of hydrogen-bond donors (Lipinski definition) is 0. The van der Waals surface area contributed by atoms with Crippen molar-refractivity contribution >= 4 is 65.4 Å². The average molecular weight is 668 g/mol. The molecule has 4 heteroatoms. The summed E-state index contributed by atoms with van der Waals surface area (Å²) in [5, 5.41) is 8.75. The number of rotatable bonds is 4. The Morgan fingerprint density at radius 2 is 1.02 bits per heavy atom. The number of fused-ring (bicyclic) bond motifs is 6. The van der Waals surface area contributed by atoms with Gasteiger partial charge in [0.2, 0.25) is 0 Å². The molecule has 0 N–H and O–H groups in total. The fourth-order valence-corrected chi connectivity index (χ4v) is 8.04. The molecule has 4 nitrogen and oxygen atoms in total. The Morgan fingerprint density at radius 3 is 1.69 bits per heavy atom. The Kier molecular flexibility index (Phi) is 6.90. The highest BCUT2D eigenvalue weighted by Gasteiger charge is 2.22. The highest BCUT2D eigenvalue weighted by Crippen LogP contribution is 2.45. The topological polar surface area (TPSA) is 43.9 Å². The molecule has 0 saturated heterocycles. The Morgan fingerprint density at radius 1 is 0.462 bits per heavy atom. The van der Waals surface area contributed by atoms with Gasteiger partial charge in [-0.15, -0.1) is 0 Å². The van der Waals surface area contributed by atoms with Crippen molar-refractivity contribution in [1.82, 2.24) is 14.5 Å². The maximum atomic E-state index is 6.64. The molecular formula is C48H33N3O. The van der Waals surface area contributed by atoms with Gasteiger partial charge in [0, 0.05) is 27.6 Å². The number of aromatic nitrogens is 3. The van der Waals surface area contributed by atoms with Gasteiger partial charge in [-0.2, -0.15) is 0 Å². The van der Waals surface area contributed by atoms with Crippen LogP contribution in [-0.2, 0) is 0 Å². The zero-order valence-electron chi connectivity index (χ0n) is 28.8. The summed E-state index contributed by atoms with van der Waals surface area (Å²) in [5.41, 5.74) is 10.7. The van der Waals surface area contributed by atoms with Crippen LogP contribution >= 0.6 is 0 Å². The summed E-state index contributed by atoms with van der Waals surface area (Å²) < 4.78 is 9.06. The van der Waals surface area contributed by atoms with Gasteiger partial charge in [-0.1, -0.05) is 147 Å². The minimum absolute atomic E-state index is 0.673. The van der Waals surface area contributed by atoms with Gasteiger partial charge in [-0.25, -0.2) is 9.97 Å². The van der Waals surface area contributed by atoms with Crippen molar-refractivity contribution in [2.75, 3.05) is 0 Å². The lowest BCUT2D eigenvalue weighted by Gasteiger charge is -2.11. The van der Waals surface area contributed by atoms with E-state index in [0.29, 0.717) is 11.4 Å². The van der Waals surface area contributed by atoms with E-state index < -0.39 is 0 Å². The second-order valence-corrected chi connectivity index (χ2v) is 12.9. The molecule has 8 aromatic carbocycles. The molecule has 0 fully saturated rings. The monoisotopic (exact) mass is 667 g/mol. The van der Waals surface area contributed by atoms with Crippen molar-refractivity contribution < 1.29 is 4.42 Å². The molecule has 0 atom stereocenters. The molecule has 3 heterocycles. The first-order valence-electron chi connectivity index (χ1n) is 17.9. The van der Waals surface area contributed by atoms with Gasteiger partial charge in [0.05, 0.1) is 16.4 Å². The average Bonchev–Trinajstić information content (AvgIpc) is 3.78. The summed E-state index contributed by atoms with van der Waals surface area (Å²) in [6.45, 7) is 4.00. The van der Waals surface area contributed by atoms with E-state index in [1.807, 2.05) is 56.3 Å². The minimum atomic E-state index is 0.673. The maximum Gasteiger partial charge on any atom is 0.180 e. The molecule has 52 heavy (non-hydrogen) atoms. The van der Waals surface area contributed by atoms with Crippen molar-refractivity contribution in [2.45, 2.75) is 13.8 Å². The second-order valence-electron chi connectivity index (χ2n) is 12.9. The number of furan rings is 1. The molecule has 0 unspecified atom stereocenters. The number of hydrogen-bond acceptors (Lipinski definition) is 3. The third-order valence-electron chi connectivity index (χ3n) is 10.2. The van der Waals surface area contributed by atoms with E-state index >= 15 is 0 Å². The first-order chi connectivity index (χ1) is 25.8. The lowest BCUT2D eigenvalue weighted by atomic mass is 9.95. The van der Waals surface area contributed by atoms with Crippen LogP contribution in [0.4, 0.5) is 0 Å². The van der Waals surface area contributed by atoms with Crippen LogP contribution < -0.4 is 0 Å². The van der Waals surface area contributed by atoms with Gasteiger partial charge in [0.1, 0.15) is 16.8 Å². The normalized spacial score (nSPS) is 11.7. The highest BCUT2D eigenvalue weighted by molar-refractivity contribution is 6.34. The van der Waals surface area contributed by atoms with Crippen LogP contribution in [0.25, 0.3) is 105 Å². The Labute approximate surface area is 300 Å². The van der Waals surface area contributed by atoms with E-state index in [4.69, 9.17) is 14.4 Å². The van der Waals surface area contributed by atoms with Gasteiger partial charge < -0.3 is 8.98 Å². The van der Waals surface area contributed by atoms with Gasteiger partial charge in [-0.3, -0.25) is 0 Å². The maximum absolute atomic E-state index is 6.64. The van der Waals surface area contributed by atoms with Gasteiger partial charge in [0.25, 0.3) is 0 Å². The zero-order chi connectivity index (χ0) is 34.8. The number of nitrogens with zero attached hydrogens (tertiary/aromatic N) is 3. The summed E-state index contributed by atoms with van der Waals surface area (Å²) in [5.74, 6) is 0.673. The first kappa shape index (κ1) is 30.1. The molecule has 0 bridgehead atoms. The Hall–Kier alpha value is -6.78. The SMILES string of the molecule is CC.c1ccc(-c2nc(-c3ccccc3)c3oc4cccc(-c5cccc(-n6c7cccc8c9ccccc9c9cccc6c9c87)c5)c4c3n2)cc1. The predicted octanol–water partition coefficient (Wildman–Crippen LogP) is 13.2. The fraction of sp³-hybridized carbons (Fsp3) is 0.0417. The minimum Gasteiger partial charge on any atom is -0.452 e. The second kappa shape index (κ2) is 11.9. The summed E-state index contributed by atoms with van der Waals surface area (Å²) in [6, 6.07) is 57.7. The van der Waals surface area contributed by atoms with Crippen LogP contribution in [0.2, 0.25) is 0 Å². The molecule has 0 saturated carbocycles. The first-order valence-corrected chi connectivity index (χ1v) is 17.9. The molecule has 0 amide bonds. The molecule has 0 aliphatic heterocycles. The molecule has 11 rings (SSSR count). The van der Waals surface area contributed by atoms with Crippen LogP contribution in [0.3, 0.4) is 0 Å². The lowest BCUT2D eigenvalue weighted by Crippen LogP contribution is -1.95. The van der Waals surface area contributed by atoms with Crippen LogP contribution in [0.1, 0.15) is 13.8 Å². The molecule has 0 radical (unpaired) electrons. The standard InChI is InChI=1S/C46H27N3O.C2H6/c1-3-13-28(14-4-1)43-45-44(48-46(47-43)29-15-5-2-6-16-29)42-32(21-12-26-39(42)50-45)30-17-9-18-31(27-30)49-37-24-10-22-35-33-19-7-8-20-34(33)36-23-11-25-38(49)41(36)40(35)37;1-2/h1-27H;1-2H3. The molecule has 0 spiro atoms. The Balaban J connectivity index is 0.00000166. The van der Waals surface area contributed by atoms with Crippen LogP contribution in [0.5, 0.6) is 0 Å². The van der Waals surface area contributed by atoms with E-state index in [1.165, 1.54) is 43.4 Å². The van der Waals surface area contributed by atoms with Crippen LogP contribution in [0.15, 0.2) is 168 Å². The molecule has 246 valence electrons. The Bertz CT molecular complexity index is 3000. The quantitative estimate of drug-likeness (QED) is 0.175. The van der Waals surface area contributed by atoms with Gasteiger partial charge >= 0.3 is 0 Å². The van der Waals surface area contributed by atoms with Crippen molar-refractivity contribution in [3.63, 3.8) is 0 Å². The van der Waals surface area contributed by atoms with Gasteiger partial charge in [-0.05, 0) is 63.0 Å². The largest absolute Gasteiger partial charge is 0.452 e. The van der Waals surface area contributed by atoms with Crippen LogP contribution in [0, 0.1) is 0 Å². The summed E-state index contributed by atoms with van der Waals surface area (Å²) >= 11 is 0. The molecule has 0 aliphatic carbocycles. The molecule has 3 aromatic heterocycles. The van der Waals surface area contributed by atoms with Crippen molar-refractivity contribution in [3.8, 4) is 39.5 Å². The summed E-state index contributed by atoms with van der Waals surface area (Å²) in [7, 11) is 0. The highest BCUT2D eigenvalue weighted by atomic mass is 16.3. The smallest absolute Gasteiger partial charge is 0.180 e. The molecule has 0 aliphatic rings. The van der Waals surface area contributed by atoms with Gasteiger partial charge in [0.15, 0.2) is 11.4 Å².